The second-order valence-corrected chi connectivity index (χ2v) is 9.83. The van der Waals surface area contributed by atoms with Gasteiger partial charge in [-0.2, -0.15) is 0 Å². The molecule has 1 saturated carbocycles. The van der Waals surface area contributed by atoms with Gasteiger partial charge in [-0.3, -0.25) is 0 Å². The van der Waals surface area contributed by atoms with Gasteiger partial charge >= 0.3 is 5.97 Å². The predicted octanol–water partition coefficient (Wildman–Crippen LogP) is 6.31. The lowest BCUT2D eigenvalue weighted by Gasteiger charge is -2.26. The van der Waals surface area contributed by atoms with Crippen molar-refractivity contribution in [2.24, 2.45) is 0 Å². The Morgan fingerprint density at radius 1 is 1.08 bits per heavy atom. The summed E-state index contributed by atoms with van der Waals surface area (Å²) in [6.45, 7) is 2.71. The van der Waals surface area contributed by atoms with Crippen molar-refractivity contribution in [3.05, 3.63) is 84.3 Å². The predicted molar refractivity (Wildman–Crippen MR) is 148 cm³/mol. The lowest BCUT2D eigenvalue weighted by atomic mass is 9.84. The molecule has 1 fully saturated rings. The van der Waals surface area contributed by atoms with E-state index in [1.54, 1.807) is 0 Å². The molecule has 1 unspecified atom stereocenters. The molecule has 0 saturated heterocycles. The van der Waals surface area contributed by atoms with Gasteiger partial charge in [-0.1, -0.05) is 68.7 Å². The maximum Gasteiger partial charge on any atom is 0.356 e. The topological polar surface area (TPSA) is 85.1 Å². The number of aromatic nitrogens is 2. The first-order valence-electron chi connectivity index (χ1n) is 13.5. The van der Waals surface area contributed by atoms with Crippen LogP contribution in [0.2, 0.25) is 0 Å². The number of aliphatic hydroxyl groups is 1. The number of anilines is 1. The number of hydrogen-bond acceptors (Lipinski definition) is 6. The summed E-state index contributed by atoms with van der Waals surface area (Å²) in [6.07, 6.45) is 9.04. The molecular weight excluding hydrogens is 478 g/mol. The van der Waals surface area contributed by atoms with Crippen molar-refractivity contribution in [2.45, 2.75) is 64.2 Å². The van der Waals surface area contributed by atoms with E-state index in [0.717, 1.165) is 35.3 Å². The van der Waals surface area contributed by atoms with Crippen LogP contribution >= 0.6 is 0 Å². The number of rotatable bonds is 10. The molecule has 1 aliphatic rings. The molecule has 38 heavy (non-hydrogen) atoms. The minimum atomic E-state index is -1.45. The molecule has 2 aromatic carbocycles. The van der Waals surface area contributed by atoms with Crippen LogP contribution in [0.3, 0.4) is 0 Å². The molecular formula is C31H35N3O4. The summed E-state index contributed by atoms with van der Waals surface area (Å²) in [4.78, 5) is 16.9. The second kappa shape index (κ2) is 12.1. The van der Waals surface area contributed by atoms with Gasteiger partial charge in [-0.05, 0) is 48.6 Å². The maximum atomic E-state index is 12.1. The van der Waals surface area contributed by atoms with Gasteiger partial charge in [0.15, 0.2) is 5.65 Å². The van der Waals surface area contributed by atoms with Gasteiger partial charge in [0.1, 0.15) is 12.4 Å². The van der Waals surface area contributed by atoms with Crippen LogP contribution in [0, 0.1) is 0 Å². The minimum absolute atomic E-state index is 0.275. The first-order chi connectivity index (χ1) is 18.6. The highest BCUT2D eigenvalue weighted by molar-refractivity contribution is 5.81. The van der Waals surface area contributed by atoms with Gasteiger partial charge in [-0.15, -0.1) is 0 Å². The molecule has 198 valence electrons. The number of nitrogens with one attached hydrogen (secondary N) is 1. The standard InChI is InChI=1S/C31H35N3O4/c1-2-19-37-31(36)30(35)33-27-17-18-34-28(24-11-7-4-8-12-24)26(20-32-29(27)34)23-13-15-25(16-14-23)38-21-22-9-5-3-6-10-22/h3,5-6,9-10,13-18,20,24,30,33,35H,2,4,7-8,11-12,19,21H2,1H3. The number of carbonyl (C=O) groups excluding carboxylic acids is 1. The molecule has 1 aliphatic carbocycles. The molecule has 2 N–H and O–H groups in total. The molecule has 7 nitrogen and oxygen atoms in total. The van der Waals surface area contributed by atoms with Crippen molar-refractivity contribution in [1.82, 2.24) is 9.38 Å². The Morgan fingerprint density at radius 2 is 1.84 bits per heavy atom. The Balaban J connectivity index is 1.43. The summed E-state index contributed by atoms with van der Waals surface area (Å²) in [7, 11) is 0. The highest BCUT2D eigenvalue weighted by atomic mass is 16.5. The number of carbonyl (C=O) groups is 1. The Kier molecular flexibility index (Phi) is 8.24. The number of ether oxygens (including phenoxy) is 2. The van der Waals surface area contributed by atoms with Gasteiger partial charge < -0.3 is 24.3 Å². The highest BCUT2D eigenvalue weighted by Gasteiger charge is 2.25. The quantitative estimate of drug-likeness (QED) is 0.191. The van der Waals surface area contributed by atoms with E-state index in [1.807, 2.05) is 55.7 Å². The summed E-state index contributed by atoms with van der Waals surface area (Å²) in [5, 5.41) is 13.2. The van der Waals surface area contributed by atoms with Gasteiger partial charge in [-0.25, -0.2) is 9.78 Å². The van der Waals surface area contributed by atoms with Crippen molar-refractivity contribution in [3.8, 4) is 16.9 Å². The van der Waals surface area contributed by atoms with Gasteiger partial charge in [0.25, 0.3) is 0 Å². The van der Waals surface area contributed by atoms with E-state index < -0.39 is 12.2 Å². The minimum Gasteiger partial charge on any atom is -0.489 e. The molecule has 0 bridgehead atoms. The normalized spacial score (nSPS) is 14.8. The number of aliphatic hydroxyl groups excluding tert-OH is 1. The number of benzene rings is 2. The van der Waals surface area contributed by atoms with Crippen molar-refractivity contribution in [1.29, 1.82) is 0 Å². The molecule has 5 rings (SSSR count). The summed E-state index contributed by atoms with van der Waals surface area (Å²) in [5.74, 6) is 0.533. The van der Waals surface area contributed by atoms with Gasteiger partial charge in [0.2, 0.25) is 6.23 Å². The van der Waals surface area contributed by atoms with Crippen LogP contribution in [0.4, 0.5) is 5.69 Å². The molecule has 7 heteroatoms. The molecule has 2 aromatic heterocycles. The lowest BCUT2D eigenvalue weighted by Crippen LogP contribution is -2.31. The average Bonchev–Trinajstić information content (AvgIpc) is 3.38. The fourth-order valence-corrected chi connectivity index (χ4v) is 5.16. The van der Waals surface area contributed by atoms with Crippen molar-refractivity contribution in [2.75, 3.05) is 11.9 Å². The third-order valence-electron chi connectivity index (χ3n) is 7.08. The van der Waals surface area contributed by atoms with Crippen LogP contribution in [0.15, 0.2) is 73.1 Å². The molecule has 0 radical (unpaired) electrons. The first-order valence-corrected chi connectivity index (χ1v) is 13.5. The molecule has 4 aromatic rings. The zero-order valence-corrected chi connectivity index (χ0v) is 21.8. The zero-order valence-electron chi connectivity index (χ0n) is 21.8. The Bertz CT molecular complexity index is 1350. The van der Waals surface area contributed by atoms with Crippen LogP contribution in [0.5, 0.6) is 5.75 Å². The third-order valence-corrected chi connectivity index (χ3v) is 7.08. The average molecular weight is 514 g/mol. The fraction of sp³-hybridized carbons (Fsp3) is 0.355. The van der Waals surface area contributed by atoms with E-state index in [1.165, 1.54) is 25.0 Å². The largest absolute Gasteiger partial charge is 0.489 e. The molecule has 0 amide bonds. The van der Waals surface area contributed by atoms with Crippen LogP contribution in [-0.4, -0.2) is 33.3 Å². The van der Waals surface area contributed by atoms with Crippen molar-refractivity contribution < 1.29 is 19.4 Å². The highest BCUT2D eigenvalue weighted by Crippen LogP contribution is 2.39. The van der Waals surface area contributed by atoms with Crippen LogP contribution in [-0.2, 0) is 16.1 Å². The van der Waals surface area contributed by atoms with Gasteiger partial charge in [0.05, 0.1) is 12.3 Å². The smallest absolute Gasteiger partial charge is 0.356 e. The number of hydrogen-bond donors (Lipinski definition) is 2. The summed E-state index contributed by atoms with van der Waals surface area (Å²) < 4.78 is 13.2. The van der Waals surface area contributed by atoms with Crippen LogP contribution in [0.25, 0.3) is 16.8 Å². The van der Waals surface area contributed by atoms with E-state index in [4.69, 9.17) is 14.5 Å². The summed E-state index contributed by atoms with van der Waals surface area (Å²) >= 11 is 0. The fourth-order valence-electron chi connectivity index (χ4n) is 5.16. The number of esters is 1. The second-order valence-electron chi connectivity index (χ2n) is 9.83. The number of nitrogens with zero attached hydrogens (tertiary/aromatic N) is 2. The summed E-state index contributed by atoms with van der Waals surface area (Å²) in [6, 6.07) is 20.2. The van der Waals surface area contributed by atoms with Crippen LogP contribution < -0.4 is 10.1 Å². The summed E-state index contributed by atoms with van der Waals surface area (Å²) in [5.41, 5.74) is 5.79. The molecule has 1 atom stereocenters. The Hall–Kier alpha value is -3.84. The lowest BCUT2D eigenvalue weighted by molar-refractivity contribution is -0.151. The molecule has 2 heterocycles. The van der Waals surface area contributed by atoms with E-state index in [9.17, 15) is 9.90 Å². The van der Waals surface area contributed by atoms with E-state index in [-0.39, 0.29) is 6.61 Å². The van der Waals surface area contributed by atoms with E-state index in [2.05, 4.69) is 34.0 Å². The first kappa shape index (κ1) is 25.8. The number of fused-ring (bicyclic) bond motifs is 1. The zero-order chi connectivity index (χ0) is 26.3. The van der Waals surface area contributed by atoms with Crippen molar-refractivity contribution in [3.63, 3.8) is 0 Å². The molecule has 0 spiro atoms. The Labute approximate surface area is 223 Å². The Morgan fingerprint density at radius 3 is 2.58 bits per heavy atom. The van der Waals surface area contributed by atoms with E-state index in [0.29, 0.717) is 30.3 Å². The van der Waals surface area contributed by atoms with Crippen LogP contribution in [0.1, 0.15) is 62.6 Å². The van der Waals surface area contributed by atoms with Crippen molar-refractivity contribution >= 4 is 17.3 Å². The maximum absolute atomic E-state index is 12.1. The SMILES string of the molecule is CCCOC(=O)C(O)Nc1ccn2c(C3CCCCC3)c(-c3ccc(OCc4ccccc4)cc3)cnc12. The monoisotopic (exact) mass is 513 g/mol. The molecule has 0 aliphatic heterocycles. The van der Waals surface area contributed by atoms with Gasteiger partial charge in [0, 0.05) is 29.6 Å². The van der Waals surface area contributed by atoms with E-state index >= 15 is 0 Å². The third kappa shape index (κ3) is 5.83.